The third-order valence-corrected chi connectivity index (χ3v) is 4.68. The van der Waals surface area contributed by atoms with E-state index in [9.17, 15) is 4.79 Å². The molecule has 2 atom stereocenters. The SMILES string of the molecule is CC(C)(C)OC(=O)CC1CC12CCc1ccc(C#N)cc12. The standard InChI is InChI=1S/C18H21NO2/c1-17(2,3)21-16(20)9-14-10-18(14)7-6-13-5-4-12(11-19)8-15(13)18/h4-5,8,14H,6-7,9-10H2,1-3H3. The summed E-state index contributed by atoms with van der Waals surface area (Å²) in [6.45, 7) is 5.70. The summed E-state index contributed by atoms with van der Waals surface area (Å²) in [6, 6.07) is 8.21. The van der Waals surface area contributed by atoms with Gasteiger partial charge in [0.15, 0.2) is 0 Å². The Kier molecular flexibility index (Phi) is 3.09. The molecule has 0 saturated heterocycles. The molecule has 1 saturated carbocycles. The lowest BCUT2D eigenvalue weighted by atomic mass is 9.93. The van der Waals surface area contributed by atoms with Crippen LogP contribution in [0.3, 0.4) is 0 Å². The van der Waals surface area contributed by atoms with Gasteiger partial charge >= 0.3 is 5.97 Å². The second kappa shape index (κ2) is 4.59. The molecular weight excluding hydrogens is 262 g/mol. The van der Waals surface area contributed by atoms with Gasteiger partial charge in [-0.05, 0) is 74.6 Å². The third kappa shape index (κ3) is 2.55. The average Bonchev–Trinajstić information content (AvgIpc) is 2.94. The van der Waals surface area contributed by atoms with Gasteiger partial charge in [-0.25, -0.2) is 0 Å². The number of carbonyl (C=O) groups excluding carboxylic acids is 1. The van der Waals surface area contributed by atoms with E-state index in [0.29, 0.717) is 12.3 Å². The highest BCUT2D eigenvalue weighted by molar-refractivity contribution is 5.71. The summed E-state index contributed by atoms with van der Waals surface area (Å²) in [6.07, 6.45) is 3.71. The van der Waals surface area contributed by atoms with E-state index in [1.165, 1.54) is 11.1 Å². The van der Waals surface area contributed by atoms with Gasteiger partial charge in [0.1, 0.15) is 5.60 Å². The molecule has 3 nitrogen and oxygen atoms in total. The molecule has 110 valence electrons. The van der Waals surface area contributed by atoms with Crippen molar-refractivity contribution in [1.29, 1.82) is 5.26 Å². The maximum Gasteiger partial charge on any atom is 0.306 e. The molecule has 0 aromatic heterocycles. The van der Waals surface area contributed by atoms with Gasteiger partial charge in [-0.2, -0.15) is 5.26 Å². The minimum Gasteiger partial charge on any atom is -0.460 e. The van der Waals surface area contributed by atoms with Crippen LogP contribution >= 0.6 is 0 Å². The van der Waals surface area contributed by atoms with Crippen molar-refractivity contribution in [3.05, 3.63) is 34.9 Å². The Morgan fingerprint density at radius 3 is 2.90 bits per heavy atom. The Labute approximate surface area is 125 Å². The number of aryl methyl sites for hydroxylation is 1. The lowest BCUT2D eigenvalue weighted by molar-refractivity contribution is -0.155. The molecule has 0 aliphatic heterocycles. The fourth-order valence-electron chi connectivity index (χ4n) is 3.69. The van der Waals surface area contributed by atoms with Gasteiger partial charge in [-0.15, -0.1) is 0 Å². The maximum atomic E-state index is 12.0. The van der Waals surface area contributed by atoms with Gasteiger partial charge in [0.2, 0.25) is 0 Å². The minimum absolute atomic E-state index is 0.103. The molecule has 1 fully saturated rings. The van der Waals surface area contributed by atoms with Gasteiger partial charge in [0, 0.05) is 6.42 Å². The summed E-state index contributed by atoms with van der Waals surface area (Å²) in [7, 11) is 0. The molecular formula is C18H21NO2. The van der Waals surface area contributed by atoms with Crippen molar-refractivity contribution in [2.24, 2.45) is 5.92 Å². The summed E-state index contributed by atoms with van der Waals surface area (Å²) in [5, 5.41) is 9.07. The number of fused-ring (bicyclic) bond motifs is 2. The molecule has 0 amide bonds. The van der Waals surface area contributed by atoms with Crippen molar-refractivity contribution in [3.63, 3.8) is 0 Å². The maximum absolute atomic E-state index is 12.0. The fourth-order valence-corrected chi connectivity index (χ4v) is 3.69. The number of nitriles is 1. The number of esters is 1. The van der Waals surface area contributed by atoms with E-state index < -0.39 is 5.60 Å². The Bertz CT molecular complexity index is 636. The molecule has 0 bridgehead atoms. The van der Waals surface area contributed by atoms with Crippen molar-refractivity contribution in [1.82, 2.24) is 0 Å². The van der Waals surface area contributed by atoms with Crippen LogP contribution in [-0.4, -0.2) is 11.6 Å². The quantitative estimate of drug-likeness (QED) is 0.781. The molecule has 3 rings (SSSR count). The van der Waals surface area contributed by atoms with Crippen LogP contribution in [0.1, 0.15) is 56.7 Å². The first-order valence-electron chi connectivity index (χ1n) is 7.59. The molecule has 2 aliphatic rings. The average molecular weight is 283 g/mol. The van der Waals surface area contributed by atoms with Crippen LogP contribution in [0.25, 0.3) is 0 Å². The monoisotopic (exact) mass is 283 g/mol. The largest absolute Gasteiger partial charge is 0.460 e. The Morgan fingerprint density at radius 2 is 2.24 bits per heavy atom. The Hall–Kier alpha value is -1.82. The summed E-state index contributed by atoms with van der Waals surface area (Å²) in [5.74, 6) is 0.275. The van der Waals surface area contributed by atoms with Crippen molar-refractivity contribution < 1.29 is 9.53 Å². The lowest BCUT2D eigenvalue weighted by Crippen LogP contribution is -2.24. The normalized spacial score (nSPS) is 26.3. The van der Waals surface area contributed by atoms with E-state index in [1.54, 1.807) is 0 Å². The zero-order valence-corrected chi connectivity index (χ0v) is 12.9. The van der Waals surface area contributed by atoms with Crippen LogP contribution in [0.15, 0.2) is 18.2 Å². The highest BCUT2D eigenvalue weighted by atomic mass is 16.6. The zero-order chi connectivity index (χ0) is 15.3. The second-order valence-electron chi connectivity index (χ2n) is 7.33. The topological polar surface area (TPSA) is 50.1 Å². The first kappa shape index (κ1) is 14.1. The van der Waals surface area contributed by atoms with E-state index in [-0.39, 0.29) is 11.4 Å². The van der Waals surface area contributed by atoms with Crippen molar-refractivity contribution in [3.8, 4) is 6.07 Å². The number of carbonyl (C=O) groups is 1. The van der Waals surface area contributed by atoms with Gasteiger partial charge < -0.3 is 4.74 Å². The van der Waals surface area contributed by atoms with E-state index >= 15 is 0 Å². The summed E-state index contributed by atoms with van der Waals surface area (Å²) < 4.78 is 5.43. The predicted molar refractivity (Wildman–Crippen MR) is 79.7 cm³/mol. The van der Waals surface area contributed by atoms with Crippen LogP contribution in [0, 0.1) is 17.2 Å². The van der Waals surface area contributed by atoms with Crippen molar-refractivity contribution in [2.45, 2.75) is 57.5 Å². The van der Waals surface area contributed by atoms with Crippen LogP contribution < -0.4 is 0 Å². The van der Waals surface area contributed by atoms with Gasteiger partial charge in [-0.3, -0.25) is 4.79 Å². The first-order chi connectivity index (χ1) is 9.84. The second-order valence-corrected chi connectivity index (χ2v) is 7.33. The van der Waals surface area contributed by atoms with Crippen LogP contribution in [-0.2, 0) is 21.4 Å². The summed E-state index contributed by atoms with van der Waals surface area (Å²) >= 11 is 0. The highest BCUT2D eigenvalue weighted by Gasteiger charge is 2.58. The molecule has 21 heavy (non-hydrogen) atoms. The number of nitrogens with zero attached hydrogens (tertiary/aromatic N) is 1. The molecule has 0 radical (unpaired) electrons. The number of ether oxygens (including phenoxy) is 1. The molecule has 1 aromatic carbocycles. The van der Waals surface area contributed by atoms with E-state index in [1.807, 2.05) is 32.9 Å². The van der Waals surface area contributed by atoms with Gasteiger partial charge in [-0.1, -0.05) is 6.07 Å². The Balaban J connectivity index is 1.74. The molecule has 3 heteroatoms. The smallest absolute Gasteiger partial charge is 0.306 e. The molecule has 2 unspecified atom stereocenters. The van der Waals surface area contributed by atoms with Gasteiger partial charge in [0.05, 0.1) is 11.6 Å². The van der Waals surface area contributed by atoms with E-state index in [4.69, 9.17) is 10.00 Å². The third-order valence-electron chi connectivity index (χ3n) is 4.68. The van der Waals surface area contributed by atoms with E-state index in [2.05, 4.69) is 12.1 Å². The number of benzene rings is 1. The van der Waals surface area contributed by atoms with Crippen LogP contribution in [0.2, 0.25) is 0 Å². The number of rotatable bonds is 2. The van der Waals surface area contributed by atoms with Crippen LogP contribution in [0.5, 0.6) is 0 Å². The lowest BCUT2D eigenvalue weighted by Gasteiger charge is -2.20. The number of hydrogen-bond donors (Lipinski definition) is 0. The molecule has 2 aliphatic carbocycles. The summed E-state index contributed by atoms with van der Waals surface area (Å²) in [4.78, 5) is 12.0. The van der Waals surface area contributed by atoms with Gasteiger partial charge in [0.25, 0.3) is 0 Å². The minimum atomic E-state index is -0.416. The molecule has 1 aromatic rings. The van der Waals surface area contributed by atoms with Crippen LogP contribution in [0.4, 0.5) is 0 Å². The molecule has 1 spiro atoms. The van der Waals surface area contributed by atoms with Crippen molar-refractivity contribution >= 4 is 5.97 Å². The fraction of sp³-hybridized carbons (Fsp3) is 0.556. The number of hydrogen-bond acceptors (Lipinski definition) is 3. The molecule has 0 N–H and O–H groups in total. The predicted octanol–water partition coefficient (Wildman–Crippen LogP) is 3.49. The molecule has 0 heterocycles. The summed E-state index contributed by atoms with van der Waals surface area (Å²) in [5.41, 5.74) is 3.09. The van der Waals surface area contributed by atoms with E-state index in [0.717, 1.165) is 24.8 Å². The van der Waals surface area contributed by atoms with Crippen molar-refractivity contribution in [2.75, 3.05) is 0 Å². The Morgan fingerprint density at radius 1 is 1.48 bits per heavy atom. The highest BCUT2D eigenvalue weighted by Crippen LogP contribution is 2.63. The first-order valence-corrected chi connectivity index (χ1v) is 7.59. The zero-order valence-electron chi connectivity index (χ0n) is 12.9.